The summed E-state index contributed by atoms with van der Waals surface area (Å²) in [5.41, 5.74) is 6.77. The van der Waals surface area contributed by atoms with Crippen molar-refractivity contribution in [2.45, 2.75) is 52.8 Å². The van der Waals surface area contributed by atoms with Gasteiger partial charge in [0.25, 0.3) is 5.91 Å². The molecule has 3 heterocycles. The molecule has 4 rings (SSSR count). The molecule has 3 aromatic rings. The molecule has 2 amide bonds. The minimum absolute atomic E-state index is 0.00937. The number of nitrogens with zero attached hydrogens (tertiary/aromatic N) is 4. The van der Waals surface area contributed by atoms with Crippen LogP contribution in [0.15, 0.2) is 12.1 Å². The van der Waals surface area contributed by atoms with Crippen molar-refractivity contribution in [1.82, 2.24) is 19.3 Å². The van der Waals surface area contributed by atoms with Gasteiger partial charge in [-0.1, -0.05) is 0 Å². The van der Waals surface area contributed by atoms with Crippen molar-refractivity contribution in [2.24, 2.45) is 5.73 Å². The molecule has 2 aromatic heterocycles. The maximum absolute atomic E-state index is 14.6. The van der Waals surface area contributed by atoms with Crippen LogP contribution in [0.25, 0.3) is 11.0 Å². The third kappa shape index (κ3) is 4.40. The van der Waals surface area contributed by atoms with Gasteiger partial charge in [-0.3, -0.25) is 19.6 Å². The standard InChI is InChI=1S/C22H27FN6O4/c1-4-29-19(17(23)13(3)27-29)21(31)26-22-25-15-10-14(20(24)30)11-16-18(15)28(22)7-5-8-32-12(2)6-9-33-16/h10-12H,4-9H2,1-3H3,(H2,24,30)(H,25,26,31). The lowest BCUT2D eigenvalue weighted by atomic mass is 10.1. The minimum atomic E-state index is -0.676. The number of rotatable bonds is 4. The zero-order chi connectivity index (χ0) is 23.7. The first-order valence-electron chi connectivity index (χ1n) is 10.9. The molecule has 0 bridgehead atoms. The number of benzene rings is 1. The Labute approximate surface area is 189 Å². The Morgan fingerprint density at radius 2 is 2.12 bits per heavy atom. The predicted molar refractivity (Wildman–Crippen MR) is 119 cm³/mol. The molecule has 1 aliphatic rings. The third-order valence-corrected chi connectivity index (χ3v) is 5.60. The minimum Gasteiger partial charge on any atom is -0.491 e. The summed E-state index contributed by atoms with van der Waals surface area (Å²) in [6.45, 7) is 6.92. The van der Waals surface area contributed by atoms with Crippen molar-refractivity contribution in [3.63, 3.8) is 0 Å². The number of aromatic nitrogens is 4. The van der Waals surface area contributed by atoms with Crippen molar-refractivity contribution in [3.8, 4) is 5.75 Å². The molecule has 0 saturated carbocycles. The number of carbonyl (C=O) groups is 2. The molecule has 176 valence electrons. The van der Waals surface area contributed by atoms with Gasteiger partial charge in [-0.05, 0) is 39.3 Å². The van der Waals surface area contributed by atoms with E-state index < -0.39 is 17.6 Å². The lowest BCUT2D eigenvalue weighted by Gasteiger charge is -2.13. The first-order valence-corrected chi connectivity index (χ1v) is 10.9. The van der Waals surface area contributed by atoms with Crippen LogP contribution < -0.4 is 15.8 Å². The quantitative estimate of drug-likeness (QED) is 0.619. The van der Waals surface area contributed by atoms with Crippen LogP contribution in [0.4, 0.5) is 10.3 Å². The van der Waals surface area contributed by atoms with Crippen LogP contribution in [-0.2, 0) is 17.8 Å². The first kappa shape index (κ1) is 22.7. The highest BCUT2D eigenvalue weighted by atomic mass is 19.1. The lowest BCUT2D eigenvalue weighted by molar-refractivity contribution is 0.0485. The molecule has 3 N–H and O–H groups in total. The molecule has 0 spiro atoms. The van der Waals surface area contributed by atoms with Gasteiger partial charge in [0.05, 0.1) is 23.9 Å². The summed E-state index contributed by atoms with van der Waals surface area (Å²) in [5.74, 6) is -1.32. The fraction of sp³-hybridized carbons (Fsp3) is 0.455. The predicted octanol–water partition coefficient (Wildman–Crippen LogP) is 2.63. The van der Waals surface area contributed by atoms with E-state index >= 15 is 0 Å². The number of primary amides is 1. The molecular weight excluding hydrogens is 431 g/mol. The summed E-state index contributed by atoms with van der Waals surface area (Å²) in [6, 6.07) is 3.13. The van der Waals surface area contributed by atoms with Gasteiger partial charge in [-0.15, -0.1) is 0 Å². The Kier molecular flexibility index (Phi) is 6.32. The Hall–Kier alpha value is -3.47. The van der Waals surface area contributed by atoms with Crippen LogP contribution >= 0.6 is 0 Å². The summed E-state index contributed by atoms with van der Waals surface area (Å²) in [4.78, 5) is 29.4. The van der Waals surface area contributed by atoms with Gasteiger partial charge in [0.2, 0.25) is 11.9 Å². The molecule has 0 radical (unpaired) electrons. The topological polar surface area (TPSA) is 126 Å². The van der Waals surface area contributed by atoms with Crippen LogP contribution in [0.3, 0.4) is 0 Å². The maximum Gasteiger partial charge on any atom is 0.279 e. The van der Waals surface area contributed by atoms with Crippen molar-refractivity contribution >= 4 is 28.8 Å². The zero-order valence-electron chi connectivity index (χ0n) is 18.9. The largest absolute Gasteiger partial charge is 0.491 e. The SMILES string of the molecule is CCn1nc(C)c(F)c1C(=O)Nc1nc2cc(C(N)=O)cc3c2n1CCCOC(C)CCO3. The summed E-state index contributed by atoms with van der Waals surface area (Å²) in [7, 11) is 0. The number of carbonyl (C=O) groups excluding carboxylic acids is 2. The van der Waals surface area contributed by atoms with Crippen molar-refractivity contribution < 1.29 is 23.5 Å². The van der Waals surface area contributed by atoms with Crippen LogP contribution in [-0.4, -0.2) is 50.5 Å². The number of hydrogen-bond donors (Lipinski definition) is 2. The maximum atomic E-state index is 14.6. The molecule has 11 heteroatoms. The van der Waals surface area contributed by atoms with Gasteiger partial charge in [0, 0.05) is 31.7 Å². The van der Waals surface area contributed by atoms with E-state index in [2.05, 4.69) is 15.4 Å². The molecule has 0 fully saturated rings. The highest BCUT2D eigenvalue weighted by Gasteiger charge is 2.25. The summed E-state index contributed by atoms with van der Waals surface area (Å²) < 4.78 is 29.5. The van der Waals surface area contributed by atoms with Gasteiger partial charge in [-0.25, -0.2) is 9.37 Å². The van der Waals surface area contributed by atoms with Crippen LogP contribution in [0.1, 0.15) is 53.2 Å². The number of nitrogens with two attached hydrogens (primary N) is 1. The van der Waals surface area contributed by atoms with Crippen molar-refractivity contribution in [3.05, 3.63) is 34.9 Å². The number of ether oxygens (including phenoxy) is 2. The van der Waals surface area contributed by atoms with Crippen molar-refractivity contribution in [2.75, 3.05) is 18.5 Å². The number of aryl methyl sites for hydroxylation is 3. The van der Waals surface area contributed by atoms with Crippen LogP contribution in [0, 0.1) is 12.7 Å². The Balaban J connectivity index is 1.80. The van der Waals surface area contributed by atoms with Crippen LogP contribution in [0.5, 0.6) is 5.75 Å². The molecule has 1 aromatic carbocycles. The van der Waals surface area contributed by atoms with E-state index in [0.29, 0.717) is 55.9 Å². The molecule has 1 atom stereocenters. The molecule has 1 unspecified atom stereocenters. The van der Waals surface area contributed by atoms with E-state index in [4.69, 9.17) is 15.2 Å². The molecule has 1 aliphatic heterocycles. The number of imidazole rings is 1. The first-order chi connectivity index (χ1) is 15.8. The highest BCUT2D eigenvalue weighted by Crippen LogP contribution is 2.32. The van der Waals surface area contributed by atoms with E-state index in [9.17, 15) is 14.0 Å². The van der Waals surface area contributed by atoms with Gasteiger partial charge in [0.15, 0.2) is 11.5 Å². The summed E-state index contributed by atoms with van der Waals surface area (Å²) in [6.07, 6.45) is 1.32. The Morgan fingerprint density at radius 3 is 2.85 bits per heavy atom. The van der Waals surface area contributed by atoms with E-state index in [0.717, 1.165) is 0 Å². The summed E-state index contributed by atoms with van der Waals surface area (Å²) in [5, 5.41) is 6.78. The van der Waals surface area contributed by atoms with Gasteiger partial charge >= 0.3 is 0 Å². The zero-order valence-corrected chi connectivity index (χ0v) is 18.9. The lowest BCUT2D eigenvalue weighted by Crippen LogP contribution is -2.21. The number of amides is 2. The third-order valence-electron chi connectivity index (χ3n) is 5.60. The van der Waals surface area contributed by atoms with Gasteiger partial charge in [-0.2, -0.15) is 5.10 Å². The summed E-state index contributed by atoms with van der Waals surface area (Å²) >= 11 is 0. The second-order valence-corrected chi connectivity index (χ2v) is 7.98. The monoisotopic (exact) mass is 458 g/mol. The Morgan fingerprint density at radius 1 is 1.33 bits per heavy atom. The number of anilines is 1. The van der Waals surface area contributed by atoms with E-state index in [1.54, 1.807) is 23.6 Å². The fourth-order valence-electron chi connectivity index (χ4n) is 3.89. The number of nitrogens with one attached hydrogen (secondary N) is 1. The molecule has 10 nitrogen and oxygen atoms in total. The van der Waals surface area contributed by atoms with E-state index in [-0.39, 0.29) is 29.0 Å². The van der Waals surface area contributed by atoms with Crippen molar-refractivity contribution in [1.29, 1.82) is 0 Å². The average molecular weight is 458 g/mol. The fourth-order valence-corrected chi connectivity index (χ4v) is 3.89. The second kappa shape index (κ2) is 9.18. The molecular formula is C22H27FN6O4. The van der Waals surface area contributed by atoms with Gasteiger partial charge in [0.1, 0.15) is 11.3 Å². The van der Waals surface area contributed by atoms with E-state index in [1.165, 1.54) is 11.6 Å². The second-order valence-electron chi connectivity index (χ2n) is 7.98. The normalized spacial score (nSPS) is 16.8. The number of hydrogen-bond acceptors (Lipinski definition) is 6. The molecule has 0 aliphatic carbocycles. The van der Waals surface area contributed by atoms with Crippen LogP contribution in [0.2, 0.25) is 0 Å². The highest BCUT2D eigenvalue weighted by molar-refractivity contribution is 6.04. The smallest absolute Gasteiger partial charge is 0.279 e. The average Bonchev–Trinajstić information content (AvgIpc) is 3.25. The van der Waals surface area contributed by atoms with Gasteiger partial charge < -0.3 is 19.8 Å². The Bertz CT molecular complexity index is 1220. The molecule has 0 saturated heterocycles. The van der Waals surface area contributed by atoms with E-state index in [1.807, 2.05) is 6.92 Å². The molecule has 33 heavy (non-hydrogen) atoms. The number of halogens is 1.